The molecule has 0 saturated carbocycles. The van der Waals surface area contributed by atoms with Crippen LogP contribution in [0.5, 0.6) is 0 Å². The smallest absolute Gasteiger partial charge is 0.375 e. The van der Waals surface area contributed by atoms with Crippen LogP contribution in [0.2, 0.25) is 0 Å². The Hall–Kier alpha value is -1.82. The van der Waals surface area contributed by atoms with Gasteiger partial charge in [-0.2, -0.15) is 8.94 Å². The molecule has 17 heavy (non-hydrogen) atoms. The maximum atomic E-state index is 11.4. The molecule has 2 aromatic rings. The van der Waals surface area contributed by atoms with Crippen molar-refractivity contribution in [2.45, 2.75) is 13.0 Å². The van der Waals surface area contributed by atoms with Gasteiger partial charge in [0.1, 0.15) is 11.3 Å². The Kier molecular flexibility index (Phi) is 3.43. The number of methoxy groups -OCH3 is 1. The highest BCUT2D eigenvalue weighted by Crippen LogP contribution is 2.18. The number of rotatable bonds is 3. The van der Waals surface area contributed by atoms with Crippen LogP contribution < -0.4 is 4.57 Å². The molecular formula is C11H12N3O2S+. The molecule has 0 amide bonds. The van der Waals surface area contributed by atoms with Crippen LogP contribution in [0.25, 0.3) is 10.6 Å². The van der Waals surface area contributed by atoms with Crippen molar-refractivity contribution in [3.8, 4) is 10.6 Å². The molecule has 88 valence electrons. The molecule has 0 bridgehead atoms. The van der Waals surface area contributed by atoms with E-state index in [-0.39, 0.29) is 12.0 Å². The van der Waals surface area contributed by atoms with Crippen LogP contribution >= 0.6 is 11.5 Å². The van der Waals surface area contributed by atoms with Crippen LogP contribution in [0.1, 0.15) is 13.0 Å². The molecule has 0 aromatic carbocycles. The van der Waals surface area contributed by atoms with Crippen molar-refractivity contribution in [2.24, 2.45) is 0 Å². The molecular weight excluding hydrogens is 238 g/mol. The summed E-state index contributed by atoms with van der Waals surface area (Å²) >= 11 is 1.34. The summed E-state index contributed by atoms with van der Waals surface area (Å²) < 4.78 is 10.4. The third kappa shape index (κ3) is 2.47. The Morgan fingerprint density at radius 3 is 2.71 bits per heavy atom. The van der Waals surface area contributed by atoms with E-state index in [1.807, 2.05) is 24.5 Å². The topological polar surface area (TPSA) is 56.0 Å². The average Bonchev–Trinajstić information content (AvgIpc) is 2.91. The summed E-state index contributed by atoms with van der Waals surface area (Å²) in [5, 5.41) is 0.864. The minimum absolute atomic E-state index is 0.265. The van der Waals surface area contributed by atoms with Gasteiger partial charge < -0.3 is 4.74 Å². The molecule has 0 N–H and O–H groups in total. The quantitative estimate of drug-likeness (QED) is 0.607. The number of carbonyl (C=O) groups is 1. The number of esters is 1. The molecule has 0 fully saturated rings. The van der Waals surface area contributed by atoms with E-state index >= 15 is 0 Å². The molecule has 0 aliphatic heterocycles. The summed E-state index contributed by atoms with van der Waals surface area (Å²) in [5.41, 5.74) is 0.987. The van der Waals surface area contributed by atoms with Gasteiger partial charge in [0.15, 0.2) is 12.4 Å². The Labute approximate surface area is 103 Å². The van der Waals surface area contributed by atoms with Gasteiger partial charge in [-0.25, -0.2) is 9.78 Å². The first kappa shape index (κ1) is 11.7. The van der Waals surface area contributed by atoms with E-state index < -0.39 is 0 Å². The first-order valence-electron chi connectivity index (χ1n) is 5.08. The highest BCUT2D eigenvalue weighted by atomic mass is 32.1. The van der Waals surface area contributed by atoms with Crippen LogP contribution in [-0.4, -0.2) is 22.4 Å². The lowest BCUT2D eigenvalue weighted by Crippen LogP contribution is -2.42. The number of carbonyl (C=O) groups excluding carboxylic acids is 1. The maximum absolute atomic E-state index is 11.4. The van der Waals surface area contributed by atoms with Gasteiger partial charge in [0.25, 0.3) is 6.04 Å². The zero-order valence-electron chi connectivity index (χ0n) is 9.53. The molecule has 0 saturated heterocycles. The Bertz CT molecular complexity index is 496. The van der Waals surface area contributed by atoms with E-state index in [2.05, 4.69) is 14.1 Å². The molecule has 1 unspecified atom stereocenters. The molecule has 2 heterocycles. The van der Waals surface area contributed by atoms with Crippen molar-refractivity contribution >= 4 is 17.5 Å². The summed E-state index contributed by atoms with van der Waals surface area (Å²) in [6, 6.07) is 3.48. The van der Waals surface area contributed by atoms with E-state index in [0.29, 0.717) is 0 Å². The normalized spacial score (nSPS) is 12.1. The molecule has 5 nitrogen and oxygen atoms in total. The molecule has 0 radical (unpaired) electrons. The van der Waals surface area contributed by atoms with Gasteiger partial charge in [0.2, 0.25) is 0 Å². The monoisotopic (exact) mass is 250 g/mol. The standard InChI is InChI=1S/C11H12N3O2S/c1-8(11(15)16-2)14-5-3-9(4-6-14)10-12-7-13-17-10/h3-8H,1-2H3/q+1. The number of nitrogens with zero attached hydrogens (tertiary/aromatic N) is 3. The number of hydrogen-bond acceptors (Lipinski definition) is 5. The predicted octanol–water partition coefficient (Wildman–Crippen LogP) is 1.23. The Morgan fingerprint density at radius 2 is 2.18 bits per heavy atom. The fourth-order valence-corrected chi connectivity index (χ4v) is 1.96. The number of hydrogen-bond donors (Lipinski definition) is 0. The zero-order valence-corrected chi connectivity index (χ0v) is 10.3. The van der Waals surface area contributed by atoms with Crippen LogP contribution in [0.15, 0.2) is 30.9 Å². The van der Waals surface area contributed by atoms with Gasteiger partial charge >= 0.3 is 5.97 Å². The third-order valence-corrected chi connectivity index (χ3v) is 3.16. The maximum Gasteiger partial charge on any atom is 0.375 e. The van der Waals surface area contributed by atoms with Crippen molar-refractivity contribution in [3.63, 3.8) is 0 Å². The van der Waals surface area contributed by atoms with Crippen LogP contribution in [-0.2, 0) is 9.53 Å². The lowest BCUT2D eigenvalue weighted by atomic mass is 10.2. The van der Waals surface area contributed by atoms with Gasteiger partial charge in [-0.05, 0) is 11.5 Å². The SMILES string of the molecule is COC(=O)C(C)[n+]1ccc(-c2ncns2)cc1. The van der Waals surface area contributed by atoms with Gasteiger partial charge in [-0.3, -0.25) is 0 Å². The predicted molar refractivity (Wildman–Crippen MR) is 62.3 cm³/mol. The second kappa shape index (κ2) is 5.01. The van der Waals surface area contributed by atoms with E-state index in [4.69, 9.17) is 0 Å². The summed E-state index contributed by atoms with van der Waals surface area (Å²) in [6.45, 7) is 1.79. The van der Waals surface area contributed by atoms with E-state index in [1.165, 1.54) is 25.0 Å². The van der Waals surface area contributed by atoms with Crippen molar-refractivity contribution < 1.29 is 14.1 Å². The third-order valence-electron chi connectivity index (χ3n) is 2.45. The van der Waals surface area contributed by atoms with Crippen LogP contribution in [0.4, 0.5) is 0 Å². The molecule has 1 atom stereocenters. The number of aromatic nitrogens is 3. The molecule has 2 aromatic heterocycles. The highest BCUT2D eigenvalue weighted by molar-refractivity contribution is 7.09. The van der Waals surface area contributed by atoms with Gasteiger partial charge in [-0.1, -0.05) is 0 Å². The largest absolute Gasteiger partial charge is 0.464 e. The zero-order chi connectivity index (χ0) is 12.3. The van der Waals surface area contributed by atoms with Gasteiger partial charge in [-0.15, -0.1) is 0 Å². The lowest BCUT2D eigenvalue weighted by Gasteiger charge is -2.04. The lowest BCUT2D eigenvalue weighted by molar-refractivity contribution is -0.707. The first-order valence-corrected chi connectivity index (χ1v) is 5.85. The Morgan fingerprint density at radius 1 is 1.47 bits per heavy atom. The van der Waals surface area contributed by atoms with E-state index in [9.17, 15) is 4.79 Å². The summed E-state index contributed by atoms with van der Waals surface area (Å²) in [5.74, 6) is -0.265. The first-order chi connectivity index (χ1) is 8.22. The fraction of sp³-hybridized carbons (Fsp3) is 0.273. The number of pyridine rings is 1. The van der Waals surface area contributed by atoms with Crippen LogP contribution in [0.3, 0.4) is 0 Å². The molecule has 0 aliphatic carbocycles. The summed E-state index contributed by atoms with van der Waals surface area (Å²) in [6.07, 6.45) is 5.19. The summed E-state index contributed by atoms with van der Waals surface area (Å²) in [4.78, 5) is 15.5. The minimum atomic E-state index is -0.330. The summed E-state index contributed by atoms with van der Waals surface area (Å²) in [7, 11) is 1.38. The molecule has 2 rings (SSSR count). The second-order valence-corrected chi connectivity index (χ2v) is 4.26. The van der Waals surface area contributed by atoms with Crippen LogP contribution in [0, 0.1) is 0 Å². The second-order valence-electron chi connectivity index (χ2n) is 3.48. The van der Waals surface area contributed by atoms with Gasteiger partial charge in [0, 0.05) is 24.6 Å². The van der Waals surface area contributed by atoms with E-state index in [1.54, 1.807) is 11.5 Å². The van der Waals surface area contributed by atoms with Crippen molar-refractivity contribution in [1.29, 1.82) is 0 Å². The Balaban J connectivity index is 2.21. The van der Waals surface area contributed by atoms with Crippen molar-refractivity contribution in [1.82, 2.24) is 9.36 Å². The van der Waals surface area contributed by atoms with Crippen molar-refractivity contribution in [3.05, 3.63) is 30.9 Å². The fourth-order valence-electron chi connectivity index (χ4n) is 1.43. The van der Waals surface area contributed by atoms with Crippen molar-refractivity contribution in [2.75, 3.05) is 7.11 Å². The minimum Gasteiger partial charge on any atom is -0.464 e. The van der Waals surface area contributed by atoms with E-state index in [0.717, 1.165) is 10.6 Å². The molecule has 6 heteroatoms. The molecule has 0 spiro atoms. The number of ether oxygens (including phenoxy) is 1. The van der Waals surface area contributed by atoms with Gasteiger partial charge in [0.05, 0.1) is 7.11 Å². The molecule has 0 aliphatic rings. The average molecular weight is 250 g/mol. The highest BCUT2D eigenvalue weighted by Gasteiger charge is 2.22.